The molecule has 2 aliphatic heterocycles. The summed E-state index contributed by atoms with van der Waals surface area (Å²) in [6, 6.07) is 13.4. The van der Waals surface area contributed by atoms with Crippen LogP contribution in [-0.2, 0) is 15.1 Å². The Morgan fingerprint density at radius 2 is 1.36 bits per heavy atom. The lowest BCUT2D eigenvalue weighted by atomic mass is 9.57. The number of fused-ring (bicyclic) bond motifs is 5. The fraction of sp³-hybridized carbons (Fsp3) is 0.286. The largest absolute Gasteiger partial charge is 0.385 e. The van der Waals surface area contributed by atoms with Gasteiger partial charge in [0.25, 0.3) is 11.8 Å². The lowest BCUT2D eigenvalue weighted by Crippen LogP contribution is -2.69. The van der Waals surface area contributed by atoms with Crippen molar-refractivity contribution in [3.63, 3.8) is 0 Å². The van der Waals surface area contributed by atoms with Gasteiger partial charge in [-0.25, -0.2) is 9.59 Å². The van der Waals surface area contributed by atoms with Crippen molar-refractivity contribution in [3.05, 3.63) is 71.5 Å². The summed E-state index contributed by atoms with van der Waals surface area (Å²) in [5.74, 6) is -2.40. The van der Waals surface area contributed by atoms with Crippen molar-refractivity contribution in [2.75, 3.05) is 28.2 Å². The predicted molar refractivity (Wildman–Crippen MR) is 141 cm³/mol. The number of aromatic nitrogens is 2. The minimum atomic E-state index is -1.95. The Hall–Kier alpha value is -4.64. The summed E-state index contributed by atoms with van der Waals surface area (Å²) in [5, 5.41) is 13.7. The van der Waals surface area contributed by atoms with Crippen LogP contribution in [0.1, 0.15) is 28.8 Å². The van der Waals surface area contributed by atoms with Gasteiger partial charge in [-0.3, -0.25) is 19.4 Å². The Morgan fingerprint density at radius 3 is 1.97 bits per heavy atom. The number of nitrogens with one attached hydrogen (secondary N) is 2. The minimum Gasteiger partial charge on any atom is -0.385 e. The van der Waals surface area contributed by atoms with Gasteiger partial charge >= 0.3 is 12.1 Å². The van der Waals surface area contributed by atoms with Gasteiger partial charge in [0, 0.05) is 61.8 Å². The number of aliphatic hydroxyl groups excluding tert-OH is 1. The minimum absolute atomic E-state index is 0.313. The van der Waals surface area contributed by atoms with Gasteiger partial charge < -0.3 is 24.9 Å². The number of H-pyrrole nitrogens is 2. The molecule has 7 rings (SSSR count). The first-order valence-corrected chi connectivity index (χ1v) is 12.6. The predicted octanol–water partition coefficient (Wildman–Crippen LogP) is 2.46. The molecule has 3 N–H and O–H groups in total. The zero-order chi connectivity index (χ0) is 27.6. The number of aliphatic hydroxyl groups is 1. The van der Waals surface area contributed by atoms with Crippen LogP contribution in [0.2, 0.25) is 0 Å². The van der Waals surface area contributed by atoms with Gasteiger partial charge in [0.15, 0.2) is 11.1 Å². The molecule has 0 radical (unpaired) electrons. The van der Waals surface area contributed by atoms with Crippen molar-refractivity contribution in [2.24, 2.45) is 0 Å². The number of nitrogens with zero attached hydrogens (tertiary/aromatic N) is 4. The molecule has 2 aromatic heterocycles. The number of carbonyl (C=O) groups excluding carboxylic acids is 4. The van der Waals surface area contributed by atoms with Crippen molar-refractivity contribution >= 4 is 45.7 Å². The van der Waals surface area contributed by atoms with Crippen LogP contribution >= 0.6 is 0 Å². The van der Waals surface area contributed by atoms with E-state index in [1.54, 1.807) is 18.3 Å². The van der Waals surface area contributed by atoms with E-state index in [9.17, 15) is 24.3 Å². The maximum absolute atomic E-state index is 14.5. The summed E-state index contributed by atoms with van der Waals surface area (Å²) in [7, 11) is 5.76. The highest BCUT2D eigenvalue weighted by atomic mass is 16.3. The number of urea groups is 2. The Morgan fingerprint density at radius 1 is 0.769 bits per heavy atom. The molecule has 11 nitrogen and oxygen atoms in total. The average Bonchev–Trinajstić information content (AvgIpc) is 3.63. The quantitative estimate of drug-likeness (QED) is 0.328. The highest BCUT2D eigenvalue weighted by Crippen LogP contribution is 2.64. The van der Waals surface area contributed by atoms with E-state index in [1.165, 1.54) is 38.0 Å². The summed E-state index contributed by atoms with van der Waals surface area (Å²) < 4.78 is 0. The molecule has 4 aromatic rings. The van der Waals surface area contributed by atoms with Crippen molar-refractivity contribution < 1.29 is 24.3 Å². The molecule has 2 saturated heterocycles. The van der Waals surface area contributed by atoms with Crippen LogP contribution in [0.3, 0.4) is 0 Å². The Labute approximate surface area is 222 Å². The highest BCUT2D eigenvalue weighted by molar-refractivity contribution is 6.14. The number of likely N-dealkylation sites (N-methyl/N-ethyl adjacent to an activating group) is 4. The standard InChI is InChI=1S/C28H26N6O5/c1-31-23(36)27(33(3)25(31)38)20(16-13-29-17-11-7-5-9-14(16)17)28(24(37)32(2)26(39)34(28)4)22(35)19-15-10-6-8-12-18(15)30-21(19)27/h5-13,20,22,29-30,35H,1-4H3/t20-,22-,27+,28-/m0/s1. The van der Waals surface area contributed by atoms with E-state index in [0.717, 1.165) is 15.3 Å². The molecule has 11 heteroatoms. The topological polar surface area (TPSA) is 133 Å². The van der Waals surface area contributed by atoms with E-state index in [-0.39, 0.29) is 0 Å². The van der Waals surface area contributed by atoms with Crippen molar-refractivity contribution in [3.8, 4) is 0 Å². The van der Waals surface area contributed by atoms with Gasteiger partial charge in [0.05, 0.1) is 11.6 Å². The van der Waals surface area contributed by atoms with E-state index in [4.69, 9.17) is 0 Å². The average molecular weight is 527 g/mol. The zero-order valence-corrected chi connectivity index (χ0v) is 21.7. The molecule has 2 fully saturated rings. The fourth-order valence-electron chi connectivity index (χ4n) is 7.34. The molecule has 4 atom stereocenters. The maximum Gasteiger partial charge on any atom is 0.327 e. The smallest absolute Gasteiger partial charge is 0.327 e. The summed E-state index contributed by atoms with van der Waals surface area (Å²) >= 11 is 0. The Kier molecular flexibility index (Phi) is 4.37. The Bertz CT molecular complexity index is 1770. The number of hydrogen-bond acceptors (Lipinski definition) is 5. The van der Waals surface area contributed by atoms with Gasteiger partial charge in [-0.1, -0.05) is 36.4 Å². The highest BCUT2D eigenvalue weighted by Gasteiger charge is 2.77. The normalized spacial score (nSPS) is 28.8. The van der Waals surface area contributed by atoms with E-state index >= 15 is 0 Å². The number of aromatic amines is 2. The molecule has 6 amide bonds. The van der Waals surface area contributed by atoms with Crippen molar-refractivity contribution in [1.29, 1.82) is 0 Å². The Balaban J connectivity index is 1.72. The van der Waals surface area contributed by atoms with E-state index < -0.39 is 47.0 Å². The SMILES string of the molecule is CN1C(=O)N(C)[C@@]2(C1=O)[C@@H](c1c[nH]c3ccccc13)[C@]1(C(=O)N(C)C(=O)N1C)c1[nH]c3ccccc3c1[C@@H]2O. The second-order valence-electron chi connectivity index (χ2n) is 10.6. The molecule has 1 aliphatic carbocycles. The van der Waals surface area contributed by atoms with Gasteiger partial charge in [0.1, 0.15) is 6.10 Å². The van der Waals surface area contributed by atoms with Crippen LogP contribution in [0.5, 0.6) is 0 Å². The summed E-state index contributed by atoms with van der Waals surface area (Å²) in [5.41, 5.74) is -1.20. The summed E-state index contributed by atoms with van der Waals surface area (Å²) in [6.45, 7) is 0. The van der Waals surface area contributed by atoms with Crippen LogP contribution in [0.25, 0.3) is 21.8 Å². The van der Waals surface area contributed by atoms with E-state index in [2.05, 4.69) is 9.97 Å². The van der Waals surface area contributed by atoms with Crippen LogP contribution in [0, 0.1) is 0 Å². The number of carbonyl (C=O) groups is 4. The molecule has 4 heterocycles. The number of hydrogen-bond donors (Lipinski definition) is 3. The summed E-state index contributed by atoms with van der Waals surface area (Å²) in [6.07, 6.45) is 0.175. The number of para-hydroxylation sites is 2. The third-order valence-electron chi connectivity index (χ3n) is 9.12. The molecule has 0 unspecified atom stereocenters. The molecular weight excluding hydrogens is 500 g/mol. The second kappa shape index (κ2) is 7.26. The lowest BCUT2D eigenvalue weighted by Gasteiger charge is -2.54. The maximum atomic E-state index is 14.5. The molecule has 3 aliphatic rings. The van der Waals surface area contributed by atoms with Crippen LogP contribution in [0.15, 0.2) is 54.7 Å². The summed E-state index contributed by atoms with van der Waals surface area (Å²) in [4.78, 5) is 67.1. The number of benzene rings is 2. The van der Waals surface area contributed by atoms with E-state index in [0.29, 0.717) is 33.1 Å². The first kappa shape index (κ1) is 23.5. The fourth-order valence-corrected chi connectivity index (χ4v) is 7.34. The van der Waals surface area contributed by atoms with Gasteiger partial charge in [-0.2, -0.15) is 0 Å². The van der Waals surface area contributed by atoms with Gasteiger partial charge in [0.2, 0.25) is 0 Å². The van der Waals surface area contributed by atoms with Crippen molar-refractivity contribution in [2.45, 2.75) is 23.1 Å². The van der Waals surface area contributed by atoms with Crippen LogP contribution in [0.4, 0.5) is 9.59 Å². The van der Waals surface area contributed by atoms with Crippen LogP contribution in [-0.4, -0.2) is 92.3 Å². The molecule has 39 heavy (non-hydrogen) atoms. The van der Waals surface area contributed by atoms with Gasteiger partial charge in [-0.15, -0.1) is 0 Å². The monoisotopic (exact) mass is 526 g/mol. The molecule has 0 saturated carbocycles. The molecule has 0 bridgehead atoms. The first-order chi connectivity index (χ1) is 18.6. The van der Waals surface area contributed by atoms with Crippen LogP contribution < -0.4 is 0 Å². The number of amides is 6. The third kappa shape index (κ3) is 2.34. The first-order valence-electron chi connectivity index (χ1n) is 12.6. The lowest BCUT2D eigenvalue weighted by molar-refractivity contribution is -0.151. The third-order valence-corrected chi connectivity index (χ3v) is 9.12. The molecular formula is C28H26N6O5. The number of imide groups is 2. The van der Waals surface area contributed by atoms with Crippen molar-refractivity contribution in [1.82, 2.24) is 29.6 Å². The zero-order valence-electron chi connectivity index (χ0n) is 21.7. The van der Waals surface area contributed by atoms with Gasteiger partial charge in [-0.05, 0) is 17.7 Å². The number of rotatable bonds is 1. The van der Waals surface area contributed by atoms with E-state index in [1.807, 2.05) is 36.4 Å². The molecule has 2 spiro atoms. The molecule has 2 aromatic carbocycles. The second-order valence-corrected chi connectivity index (χ2v) is 10.6. The molecule has 198 valence electrons.